The fourth-order valence-electron chi connectivity index (χ4n) is 1.84. The molecule has 1 aromatic carbocycles. The third-order valence-corrected chi connectivity index (χ3v) is 3.21. The average Bonchev–Trinajstić information content (AvgIpc) is 2.78. The largest absolute Gasteiger partial charge is 0.418 e. The third-order valence-electron chi connectivity index (χ3n) is 2.71. The SMILES string of the molecule is CCCn1ccnc1Nc1ccc(Br)cc1C(F)(F)F. The molecule has 0 aliphatic heterocycles. The topological polar surface area (TPSA) is 29.9 Å². The standard InChI is InChI=1S/C13H13BrF3N3/c1-2-6-20-7-5-18-12(20)19-11-4-3-9(14)8-10(11)13(15,16)17/h3-5,7-8H,2,6H2,1H3,(H,18,19). The van der Waals surface area contributed by atoms with E-state index in [2.05, 4.69) is 26.2 Å². The molecule has 2 rings (SSSR count). The van der Waals surface area contributed by atoms with E-state index < -0.39 is 11.7 Å². The minimum Gasteiger partial charge on any atom is -0.325 e. The number of aromatic nitrogens is 2. The molecule has 1 aromatic heterocycles. The Kier molecular flexibility index (Phi) is 4.37. The molecule has 0 fully saturated rings. The van der Waals surface area contributed by atoms with Gasteiger partial charge in [0.25, 0.3) is 0 Å². The smallest absolute Gasteiger partial charge is 0.325 e. The van der Waals surface area contributed by atoms with Crippen molar-refractivity contribution in [3.63, 3.8) is 0 Å². The van der Waals surface area contributed by atoms with Gasteiger partial charge in [0.05, 0.1) is 11.3 Å². The van der Waals surface area contributed by atoms with E-state index in [0.717, 1.165) is 12.5 Å². The van der Waals surface area contributed by atoms with Crippen molar-refractivity contribution < 1.29 is 13.2 Å². The van der Waals surface area contributed by atoms with Crippen LogP contribution in [0, 0.1) is 0 Å². The van der Waals surface area contributed by atoms with Crippen molar-refractivity contribution in [2.75, 3.05) is 5.32 Å². The summed E-state index contributed by atoms with van der Waals surface area (Å²) in [6, 6.07) is 4.00. The number of benzene rings is 1. The first-order valence-electron chi connectivity index (χ1n) is 6.06. The van der Waals surface area contributed by atoms with Crippen molar-refractivity contribution in [1.29, 1.82) is 0 Å². The molecule has 0 saturated heterocycles. The zero-order valence-corrected chi connectivity index (χ0v) is 12.3. The van der Waals surface area contributed by atoms with Gasteiger partial charge in [-0.25, -0.2) is 4.98 Å². The maximum absolute atomic E-state index is 13.0. The molecule has 0 aliphatic rings. The summed E-state index contributed by atoms with van der Waals surface area (Å²) in [7, 11) is 0. The molecular formula is C13H13BrF3N3. The molecule has 0 unspecified atom stereocenters. The highest BCUT2D eigenvalue weighted by Gasteiger charge is 2.34. The van der Waals surface area contributed by atoms with E-state index >= 15 is 0 Å². The van der Waals surface area contributed by atoms with E-state index in [1.807, 2.05) is 6.92 Å². The first kappa shape index (κ1) is 14.9. The van der Waals surface area contributed by atoms with Crippen LogP contribution in [0.4, 0.5) is 24.8 Å². The van der Waals surface area contributed by atoms with E-state index in [0.29, 0.717) is 17.0 Å². The second-order valence-corrected chi connectivity index (χ2v) is 5.17. The van der Waals surface area contributed by atoms with Gasteiger partial charge < -0.3 is 9.88 Å². The first-order chi connectivity index (χ1) is 9.41. The van der Waals surface area contributed by atoms with Crippen LogP contribution in [0.1, 0.15) is 18.9 Å². The van der Waals surface area contributed by atoms with Crippen molar-refractivity contribution in [3.05, 3.63) is 40.6 Å². The minimum atomic E-state index is -4.42. The van der Waals surface area contributed by atoms with Crippen LogP contribution < -0.4 is 5.32 Å². The molecule has 0 radical (unpaired) electrons. The highest BCUT2D eigenvalue weighted by Crippen LogP contribution is 2.37. The molecule has 2 aromatic rings. The summed E-state index contributed by atoms with van der Waals surface area (Å²) in [6.07, 6.45) is -0.256. The molecule has 0 bridgehead atoms. The van der Waals surface area contributed by atoms with Crippen LogP contribution in [0.15, 0.2) is 35.1 Å². The van der Waals surface area contributed by atoms with Gasteiger partial charge in [-0.15, -0.1) is 0 Å². The summed E-state index contributed by atoms with van der Waals surface area (Å²) in [4.78, 5) is 4.05. The number of anilines is 2. The minimum absolute atomic E-state index is 0.00995. The molecule has 3 nitrogen and oxygen atoms in total. The molecule has 0 aliphatic carbocycles. The van der Waals surface area contributed by atoms with Crippen LogP contribution >= 0.6 is 15.9 Å². The summed E-state index contributed by atoms with van der Waals surface area (Å²) < 4.78 is 41.2. The number of alkyl halides is 3. The van der Waals surface area contributed by atoms with Crippen LogP contribution in [-0.4, -0.2) is 9.55 Å². The van der Waals surface area contributed by atoms with Gasteiger partial charge in [-0.3, -0.25) is 0 Å². The molecule has 1 heterocycles. The van der Waals surface area contributed by atoms with E-state index in [9.17, 15) is 13.2 Å². The molecular weight excluding hydrogens is 335 g/mol. The molecule has 20 heavy (non-hydrogen) atoms. The third kappa shape index (κ3) is 3.33. The van der Waals surface area contributed by atoms with Crippen molar-refractivity contribution in [1.82, 2.24) is 9.55 Å². The number of aryl methyl sites for hydroxylation is 1. The zero-order chi connectivity index (χ0) is 14.8. The van der Waals surface area contributed by atoms with E-state index in [4.69, 9.17) is 0 Å². The van der Waals surface area contributed by atoms with Crippen LogP contribution in [0.25, 0.3) is 0 Å². The zero-order valence-electron chi connectivity index (χ0n) is 10.7. The lowest BCUT2D eigenvalue weighted by Gasteiger charge is -2.15. The number of halogens is 4. The second kappa shape index (κ2) is 5.87. The second-order valence-electron chi connectivity index (χ2n) is 4.26. The molecule has 7 heteroatoms. The summed E-state index contributed by atoms with van der Waals surface area (Å²) in [5.41, 5.74) is -0.734. The summed E-state index contributed by atoms with van der Waals surface area (Å²) in [5, 5.41) is 2.75. The lowest BCUT2D eigenvalue weighted by molar-refractivity contribution is -0.137. The van der Waals surface area contributed by atoms with Crippen LogP contribution in [-0.2, 0) is 12.7 Å². The Morgan fingerprint density at radius 1 is 1.35 bits per heavy atom. The van der Waals surface area contributed by atoms with Gasteiger partial charge in [0.1, 0.15) is 0 Å². The Bertz CT molecular complexity index is 593. The first-order valence-corrected chi connectivity index (χ1v) is 6.86. The summed E-state index contributed by atoms with van der Waals surface area (Å²) >= 11 is 3.06. The van der Waals surface area contributed by atoms with E-state index in [1.165, 1.54) is 6.07 Å². The Hall–Kier alpha value is -1.50. The number of rotatable bonds is 4. The lowest BCUT2D eigenvalue weighted by atomic mass is 10.1. The molecule has 0 spiro atoms. The fraction of sp³-hybridized carbons (Fsp3) is 0.308. The number of nitrogens with zero attached hydrogens (tertiary/aromatic N) is 2. The Morgan fingerprint density at radius 2 is 2.10 bits per heavy atom. The highest BCUT2D eigenvalue weighted by molar-refractivity contribution is 9.10. The molecule has 108 valence electrons. The van der Waals surface area contributed by atoms with Crippen LogP contribution in [0.5, 0.6) is 0 Å². The predicted molar refractivity (Wildman–Crippen MR) is 74.9 cm³/mol. The van der Waals surface area contributed by atoms with Crippen LogP contribution in [0.3, 0.4) is 0 Å². The monoisotopic (exact) mass is 347 g/mol. The normalized spacial score (nSPS) is 11.7. The van der Waals surface area contributed by atoms with Gasteiger partial charge in [-0.1, -0.05) is 22.9 Å². The molecule has 1 N–H and O–H groups in total. The number of hydrogen-bond acceptors (Lipinski definition) is 2. The Morgan fingerprint density at radius 3 is 2.75 bits per heavy atom. The van der Waals surface area contributed by atoms with Gasteiger partial charge in [0, 0.05) is 23.4 Å². The Balaban J connectivity index is 2.36. The fourth-order valence-corrected chi connectivity index (χ4v) is 2.20. The van der Waals surface area contributed by atoms with Gasteiger partial charge in [0.2, 0.25) is 5.95 Å². The predicted octanol–water partition coefficient (Wildman–Crippen LogP) is 4.82. The van der Waals surface area contributed by atoms with E-state index in [1.54, 1.807) is 23.0 Å². The number of nitrogens with one attached hydrogen (secondary N) is 1. The summed E-state index contributed by atoms with van der Waals surface area (Å²) in [6.45, 7) is 2.69. The van der Waals surface area contributed by atoms with Crippen molar-refractivity contribution in [2.45, 2.75) is 26.1 Å². The average molecular weight is 348 g/mol. The Labute approximate surface area is 123 Å². The molecule has 0 saturated carbocycles. The van der Waals surface area contributed by atoms with Gasteiger partial charge in [0.15, 0.2) is 0 Å². The van der Waals surface area contributed by atoms with Crippen molar-refractivity contribution in [2.24, 2.45) is 0 Å². The van der Waals surface area contributed by atoms with Crippen molar-refractivity contribution >= 4 is 27.6 Å². The highest BCUT2D eigenvalue weighted by atomic mass is 79.9. The van der Waals surface area contributed by atoms with Gasteiger partial charge >= 0.3 is 6.18 Å². The number of hydrogen-bond donors (Lipinski definition) is 1. The summed E-state index contributed by atoms with van der Waals surface area (Å²) in [5.74, 6) is 0.402. The lowest BCUT2D eigenvalue weighted by Crippen LogP contribution is -2.11. The van der Waals surface area contributed by atoms with Gasteiger partial charge in [-0.2, -0.15) is 13.2 Å². The quantitative estimate of drug-likeness (QED) is 0.859. The van der Waals surface area contributed by atoms with Crippen LogP contribution in [0.2, 0.25) is 0 Å². The molecule has 0 atom stereocenters. The molecule has 0 amide bonds. The maximum atomic E-state index is 13.0. The van der Waals surface area contributed by atoms with Gasteiger partial charge in [-0.05, 0) is 24.6 Å². The van der Waals surface area contributed by atoms with E-state index in [-0.39, 0.29) is 5.69 Å². The number of imidazole rings is 1. The van der Waals surface area contributed by atoms with Crippen molar-refractivity contribution in [3.8, 4) is 0 Å². The maximum Gasteiger partial charge on any atom is 0.418 e.